The summed E-state index contributed by atoms with van der Waals surface area (Å²) in [6.45, 7) is 8.18. The van der Waals surface area contributed by atoms with Gasteiger partial charge in [0, 0.05) is 19.2 Å². The molecule has 0 unspecified atom stereocenters. The van der Waals surface area contributed by atoms with E-state index in [1.165, 1.54) is 4.68 Å². The lowest BCUT2D eigenvalue weighted by Crippen LogP contribution is -2.31. The first-order valence-electron chi connectivity index (χ1n) is 8.34. The highest BCUT2D eigenvalue weighted by molar-refractivity contribution is 5.93. The normalized spacial score (nSPS) is 11.1. The quantitative estimate of drug-likeness (QED) is 0.802. The van der Waals surface area contributed by atoms with Gasteiger partial charge in [-0.05, 0) is 33.6 Å². The van der Waals surface area contributed by atoms with E-state index in [1.54, 1.807) is 13.1 Å². The van der Waals surface area contributed by atoms with Gasteiger partial charge in [-0.3, -0.25) is 9.48 Å². The van der Waals surface area contributed by atoms with Gasteiger partial charge < -0.3 is 14.6 Å². The first kappa shape index (κ1) is 18.0. The maximum atomic E-state index is 12.1. The molecule has 0 aliphatic rings. The van der Waals surface area contributed by atoms with Crippen LogP contribution in [0.3, 0.4) is 0 Å². The first-order chi connectivity index (χ1) is 11.4. The Morgan fingerprint density at radius 1 is 1.46 bits per heavy atom. The summed E-state index contributed by atoms with van der Waals surface area (Å²) in [7, 11) is 1.72. The lowest BCUT2D eigenvalue weighted by molar-refractivity contribution is 0.0933. The highest BCUT2D eigenvalue weighted by atomic mass is 16.5. The van der Waals surface area contributed by atoms with Gasteiger partial charge in [-0.25, -0.2) is 0 Å². The minimum Gasteiger partial charge on any atom is -0.472 e. The Bertz CT molecular complexity index is 688. The van der Waals surface area contributed by atoms with E-state index < -0.39 is 0 Å². The van der Waals surface area contributed by atoms with Gasteiger partial charge in [0.15, 0.2) is 0 Å². The van der Waals surface area contributed by atoms with Crippen LogP contribution in [0, 0.1) is 6.92 Å². The highest BCUT2D eigenvalue weighted by Crippen LogP contribution is 2.19. The second kappa shape index (κ2) is 7.99. The van der Waals surface area contributed by atoms with Crippen molar-refractivity contribution in [3.05, 3.63) is 28.8 Å². The number of amides is 1. The Hall–Kier alpha value is -2.31. The molecule has 0 atom stereocenters. The summed E-state index contributed by atoms with van der Waals surface area (Å²) >= 11 is 0. The SMILES string of the molecule is CCCCc1noc(C)c1COc1cc(C(=O)NC(C)C)n(C)n1. The van der Waals surface area contributed by atoms with Crippen LogP contribution in [0.15, 0.2) is 10.6 Å². The lowest BCUT2D eigenvalue weighted by Gasteiger charge is -2.07. The zero-order valence-corrected chi connectivity index (χ0v) is 15.0. The van der Waals surface area contributed by atoms with Gasteiger partial charge in [0.05, 0.1) is 11.3 Å². The van der Waals surface area contributed by atoms with E-state index in [4.69, 9.17) is 9.26 Å². The van der Waals surface area contributed by atoms with Crippen LogP contribution in [0.25, 0.3) is 0 Å². The van der Waals surface area contributed by atoms with Crippen LogP contribution in [-0.2, 0) is 20.1 Å². The number of aryl methyl sites for hydroxylation is 3. The predicted octanol–water partition coefficient (Wildman–Crippen LogP) is 2.78. The molecule has 7 nitrogen and oxygen atoms in total. The molecule has 0 saturated carbocycles. The number of nitrogens with one attached hydrogen (secondary N) is 1. The van der Waals surface area contributed by atoms with Crippen molar-refractivity contribution in [2.75, 3.05) is 0 Å². The molecule has 0 spiro atoms. The van der Waals surface area contributed by atoms with Crippen LogP contribution in [0.1, 0.15) is 61.1 Å². The van der Waals surface area contributed by atoms with Gasteiger partial charge in [-0.15, -0.1) is 5.10 Å². The zero-order chi connectivity index (χ0) is 17.7. The molecule has 1 amide bonds. The molecule has 2 aromatic rings. The van der Waals surface area contributed by atoms with E-state index in [1.807, 2.05) is 20.8 Å². The van der Waals surface area contributed by atoms with E-state index in [2.05, 4.69) is 22.5 Å². The van der Waals surface area contributed by atoms with E-state index in [0.717, 1.165) is 36.3 Å². The zero-order valence-electron chi connectivity index (χ0n) is 15.0. The molecule has 0 aliphatic carbocycles. The van der Waals surface area contributed by atoms with Crippen LogP contribution in [0.5, 0.6) is 5.88 Å². The maximum absolute atomic E-state index is 12.1. The average molecular weight is 334 g/mol. The minimum atomic E-state index is -0.167. The number of hydrogen-bond acceptors (Lipinski definition) is 5. The molecule has 0 radical (unpaired) electrons. The Labute approximate surface area is 142 Å². The molecule has 7 heteroatoms. The third-order valence-corrected chi connectivity index (χ3v) is 3.71. The Morgan fingerprint density at radius 3 is 2.88 bits per heavy atom. The number of carbonyl (C=O) groups excluding carboxylic acids is 1. The number of nitrogens with zero attached hydrogens (tertiary/aromatic N) is 3. The molecule has 2 heterocycles. The molecular weight excluding hydrogens is 308 g/mol. The first-order valence-corrected chi connectivity index (χ1v) is 8.34. The number of rotatable bonds is 8. The average Bonchev–Trinajstić information content (AvgIpc) is 3.05. The molecule has 2 rings (SSSR count). The van der Waals surface area contributed by atoms with Crippen molar-refractivity contribution >= 4 is 5.91 Å². The van der Waals surface area contributed by atoms with Crippen LogP contribution >= 0.6 is 0 Å². The fourth-order valence-electron chi connectivity index (χ4n) is 2.37. The molecule has 24 heavy (non-hydrogen) atoms. The monoisotopic (exact) mass is 334 g/mol. The van der Waals surface area contributed by atoms with Gasteiger partial charge in [0.2, 0.25) is 5.88 Å². The Balaban J connectivity index is 2.05. The molecular formula is C17H26N4O3. The van der Waals surface area contributed by atoms with Crippen LogP contribution in [0.2, 0.25) is 0 Å². The number of aromatic nitrogens is 3. The smallest absolute Gasteiger partial charge is 0.269 e. The summed E-state index contributed by atoms with van der Waals surface area (Å²) in [6, 6.07) is 1.71. The summed E-state index contributed by atoms with van der Waals surface area (Å²) in [5.41, 5.74) is 2.36. The summed E-state index contributed by atoms with van der Waals surface area (Å²) in [5.74, 6) is 1.00. The van der Waals surface area contributed by atoms with Gasteiger partial charge in [-0.1, -0.05) is 18.5 Å². The van der Waals surface area contributed by atoms with E-state index in [-0.39, 0.29) is 11.9 Å². The van der Waals surface area contributed by atoms with Crippen molar-refractivity contribution in [1.29, 1.82) is 0 Å². The summed E-state index contributed by atoms with van der Waals surface area (Å²) in [5, 5.41) is 11.2. The van der Waals surface area contributed by atoms with Crippen LogP contribution in [0.4, 0.5) is 0 Å². The molecule has 132 valence electrons. The standard InChI is InChI=1S/C17H26N4O3/c1-6-7-8-14-13(12(4)24-20-14)10-23-16-9-15(21(5)19-16)17(22)18-11(2)3/h9,11H,6-8,10H2,1-5H3,(H,18,22). The molecule has 0 fully saturated rings. The largest absolute Gasteiger partial charge is 0.472 e. The number of ether oxygens (including phenoxy) is 1. The number of carbonyl (C=O) groups is 1. The second-order valence-electron chi connectivity index (χ2n) is 6.18. The number of unbranched alkanes of at least 4 members (excludes halogenated alkanes) is 1. The van der Waals surface area contributed by atoms with Crippen molar-refractivity contribution < 1.29 is 14.1 Å². The molecule has 0 bridgehead atoms. The van der Waals surface area contributed by atoms with Crippen molar-refractivity contribution in [3.63, 3.8) is 0 Å². The van der Waals surface area contributed by atoms with Crippen molar-refractivity contribution in [3.8, 4) is 5.88 Å². The third-order valence-electron chi connectivity index (χ3n) is 3.71. The predicted molar refractivity (Wildman–Crippen MR) is 90.0 cm³/mol. The van der Waals surface area contributed by atoms with Crippen LogP contribution < -0.4 is 10.1 Å². The van der Waals surface area contributed by atoms with Crippen LogP contribution in [-0.4, -0.2) is 26.9 Å². The Kier molecular flexibility index (Phi) is 6.00. The van der Waals surface area contributed by atoms with E-state index in [0.29, 0.717) is 18.2 Å². The van der Waals surface area contributed by atoms with Gasteiger partial charge in [0.25, 0.3) is 5.91 Å². The third kappa shape index (κ3) is 4.37. The van der Waals surface area contributed by atoms with Crippen molar-refractivity contribution in [2.45, 2.75) is 59.6 Å². The van der Waals surface area contributed by atoms with Gasteiger partial charge >= 0.3 is 0 Å². The Morgan fingerprint density at radius 2 is 2.21 bits per heavy atom. The summed E-state index contributed by atoms with van der Waals surface area (Å²) in [6.07, 6.45) is 3.03. The van der Waals surface area contributed by atoms with Gasteiger partial charge in [0.1, 0.15) is 18.1 Å². The van der Waals surface area contributed by atoms with Crippen molar-refractivity contribution in [1.82, 2.24) is 20.3 Å². The van der Waals surface area contributed by atoms with Gasteiger partial charge in [-0.2, -0.15) is 0 Å². The lowest BCUT2D eigenvalue weighted by atomic mass is 10.1. The molecule has 2 aromatic heterocycles. The minimum absolute atomic E-state index is 0.0672. The molecule has 0 aromatic carbocycles. The fourth-order valence-corrected chi connectivity index (χ4v) is 2.37. The molecule has 0 saturated heterocycles. The topological polar surface area (TPSA) is 82.2 Å². The summed E-state index contributed by atoms with van der Waals surface area (Å²) < 4.78 is 12.5. The molecule has 1 N–H and O–H groups in total. The summed E-state index contributed by atoms with van der Waals surface area (Å²) in [4.78, 5) is 12.1. The maximum Gasteiger partial charge on any atom is 0.269 e. The van der Waals surface area contributed by atoms with E-state index in [9.17, 15) is 4.79 Å². The van der Waals surface area contributed by atoms with Crippen molar-refractivity contribution in [2.24, 2.45) is 7.05 Å². The fraction of sp³-hybridized carbons (Fsp3) is 0.588. The highest BCUT2D eigenvalue weighted by Gasteiger charge is 2.17. The number of hydrogen-bond donors (Lipinski definition) is 1. The molecule has 0 aliphatic heterocycles. The van der Waals surface area contributed by atoms with E-state index >= 15 is 0 Å². The second-order valence-corrected chi connectivity index (χ2v) is 6.18.